The molecule has 0 unspecified atom stereocenters. The zero-order valence-electron chi connectivity index (χ0n) is 13.8. The van der Waals surface area contributed by atoms with Crippen LogP contribution < -0.4 is 4.72 Å². The zero-order chi connectivity index (χ0) is 16.5. The van der Waals surface area contributed by atoms with E-state index in [1.165, 1.54) is 0 Å². The molecule has 4 nitrogen and oxygen atoms in total. The van der Waals surface area contributed by atoms with Gasteiger partial charge in [0.1, 0.15) is 5.54 Å². The number of hydrogen-bond donors (Lipinski definition) is 1. The van der Waals surface area contributed by atoms with Gasteiger partial charge in [-0.05, 0) is 62.8 Å². The van der Waals surface area contributed by atoms with Crippen LogP contribution in [0, 0.1) is 39.0 Å². The van der Waals surface area contributed by atoms with Gasteiger partial charge in [0.25, 0.3) is 0 Å². The lowest BCUT2D eigenvalue weighted by Crippen LogP contribution is -2.48. The summed E-state index contributed by atoms with van der Waals surface area (Å²) in [6.45, 7) is 7.50. The van der Waals surface area contributed by atoms with Gasteiger partial charge < -0.3 is 0 Å². The van der Waals surface area contributed by atoms with Crippen molar-refractivity contribution in [3.05, 3.63) is 28.3 Å². The third-order valence-corrected chi connectivity index (χ3v) is 6.63. The molecule has 1 N–H and O–H groups in total. The van der Waals surface area contributed by atoms with E-state index in [1.54, 1.807) is 0 Å². The van der Waals surface area contributed by atoms with E-state index in [4.69, 9.17) is 0 Å². The van der Waals surface area contributed by atoms with Crippen LogP contribution in [0.1, 0.15) is 54.4 Å². The number of hydrogen-bond acceptors (Lipinski definition) is 3. The summed E-state index contributed by atoms with van der Waals surface area (Å²) >= 11 is 0. The van der Waals surface area contributed by atoms with Gasteiger partial charge in [-0.15, -0.1) is 0 Å². The largest absolute Gasteiger partial charge is 0.242 e. The van der Waals surface area contributed by atoms with Crippen molar-refractivity contribution in [1.29, 1.82) is 5.26 Å². The lowest BCUT2D eigenvalue weighted by Gasteiger charge is -2.31. The summed E-state index contributed by atoms with van der Waals surface area (Å²) in [6, 6.07) is 4.23. The van der Waals surface area contributed by atoms with Gasteiger partial charge in [-0.1, -0.05) is 25.3 Å². The van der Waals surface area contributed by atoms with Crippen molar-refractivity contribution in [1.82, 2.24) is 4.72 Å². The van der Waals surface area contributed by atoms with Gasteiger partial charge >= 0.3 is 0 Å². The van der Waals surface area contributed by atoms with Crippen molar-refractivity contribution in [3.63, 3.8) is 0 Å². The summed E-state index contributed by atoms with van der Waals surface area (Å²) < 4.78 is 28.6. The Morgan fingerprint density at radius 3 is 2.00 bits per heavy atom. The molecule has 0 aliphatic heterocycles. The number of rotatable bonds is 3. The van der Waals surface area contributed by atoms with E-state index in [0.29, 0.717) is 17.7 Å². The number of nitrogens with zero attached hydrogens (tertiary/aromatic N) is 1. The number of benzene rings is 1. The molecule has 22 heavy (non-hydrogen) atoms. The smallest absolute Gasteiger partial charge is 0.207 e. The Morgan fingerprint density at radius 1 is 1.05 bits per heavy atom. The zero-order valence-corrected chi connectivity index (χ0v) is 14.6. The lowest BCUT2D eigenvalue weighted by atomic mass is 9.84. The van der Waals surface area contributed by atoms with E-state index in [2.05, 4.69) is 10.8 Å². The van der Waals surface area contributed by atoms with Crippen LogP contribution in [0.3, 0.4) is 0 Å². The van der Waals surface area contributed by atoms with Crippen LogP contribution in [-0.2, 0) is 10.0 Å². The Labute approximate surface area is 133 Å². The molecular weight excluding hydrogens is 296 g/mol. The summed E-state index contributed by atoms with van der Waals surface area (Å²) in [5.41, 5.74) is 2.49. The second-order valence-corrected chi connectivity index (χ2v) is 8.07. The average Bonchev–Trinajstić information content (AvgIpc) is 2.45. The third kappa shape index (κ3) is 3.04. The van der Waals surface area contributed by atoms with Crippen molar-refractivity contribution in [2.75, 3.05) is 0 Å². The van der Waals surface area contributed by atoms with Crippen molar-refractivity contribution < 1.29 is 8.42 Å². The van der Waals surface area contributed by atoms with E-state index < -0.39 is 15.6 Å². The van der Waals surface area contributed by atoms with Gasteiger partial charge in [0.15, 0.2) is 0 Å². The SMILES string of the molecule is Cc1cc(C)c(C)c(S(=O)(=O)NC2(C#N)CCCCC2)c1C. The van der Waals surface area contributed by atoms with Gasteiger partial charge in [-0.3, -0.25) is 0 Å². The monoisotopic (exact) mass is 320 g/mol. The lowest BCUT2D eigenvalue weighted by molar-refractivity contribution is 0.338. The molecule has 0 saturated heterocycles. The van der Waals surface area contributed by atoms with E-state index in [-0.39, 0.29) is 0 Å². The third-order valence-electron chi connectivity index (χ3n) is 4.82. The molecule has 1 aliphatic carbocycles. The highest BCUT2D eigenvalue weighted by molar-refractivity contribution is 7.89. The quantitative estimate of drug-likeness (QED) is 0.927. The molecule has 0 heterocycles. The second-order valence-electron chi connectivity index (χ2n) is 6.45. The number of sulfonamides is 1. The van der Waals surface area contributed by atoms with Crippen molar-refractivity contribution >= 4 is 10.0 Å². The van der Waals surface area contributed by atoms with Gasteiger partial charge in [-0.25, -0.2) is 8.42 Å². The van der Waals surface area contributed by atoms with Crippen LogP contribution in [-0.4, -0.2) is 14.0 Å². The van der Waals surface area contributed by atoms with Crippen LogP contribution in [0.25, 0.3) is 0 Å². The first kappa shape index (κ1) is 17.0. The predicted octanol–water partition coefficient (Wildman–Crippen LogP) is 3.43. The van der Waals surface area contributed by atoms with Gasteiger partial charge in [-0.2, -0.15) is 9.98 Å². The Balaban J connectivity index is 2.50. The highest BCUT2D eigenvalue weighted by atomic mass is 32.2. The summed E-state index contributed by atoms with van der Waals surface area (Å²) in [5, 5.41) is 9.52. The van der Waals surface area contributed by atoms with Gasteiger partial charge in [0.05, 0.1) is 11.0 Å². The molecular formula is C17H24N2O2S. The fraction of sp³-hybridized carbons (Fsp3) is 0.588. The highest BCUT2D eigenvalue weighted by Gasteiger charge is 2.37. The molecule has 0 spiro atoms. The minimum Gasteiger partial charge on any atom is -0.207 e. The number of nitriles is 1. The maximum atomic E-state index is 12.9. The van der Waals surface area contributed by atoms with Gasteiger partial charge in [0, 0.05) is 0 Å². The molecule has 0 atom stereocenters. The highest BCUT2D eigenvalue weighted by Crippen LogP contribution is 2.32. The molecule has 5 heteroatoms. The van der Waals surface area contributed by atoms with Gasteiger partial charge in [0.2, 0.25) is 10.0 Å². The predicted molar refractivity (Wildman–Crippen MR) is 87.1 cm³/mol. The van der Waals surface area contributed by atoms with Crippen LogP contribution in [0.2, 0.25) is 0 Å². The van der Waals surface area contributed by atoms with E-state index in [9.17, 15) is 13.7 Å². The molecule has 2 rings (SSSR count). The van der Waals surface area contributed by atoms with Crippen LogP contribution in [0.4, 0.5) is 0 Å². The maximum Gasteiger partial charge on any atom is 0.242 e. The maximum absolute atomic E-state index is 12.9. The number of nitrogens with one attached hydrogen (secondary N) is 1. The fourth-order valence-electron chi connectivity index (χ4n) is 3.28. The van der Waals surface area contributed by atoms with E-state index >= 15 is 0 Å². The standard InChI is InChI=1S/C17H24N2O2S/c1-12-10-13(2)15(4)16(14(12)3)22(20,21)19-17(11-18)8-6-5-7-9-17/h10,19H,5-9H2,1-4H3. The molecule has 1 fully saturated rings. The minimum atomic E-state index is -3.71. The summed E-state index contributed by atoms with van der Waals surface area (Å²) in [4.78, 5) is 0.338. The first-order valence-electron chi connectivity index (χ1n) is 7.75. The molecule has 1 saturated carbocycles. The minimum absolute atomic E-state index is 0.338. The fourth-order valence-corrected chi connectivity index (χ4v) is 5.28. The van der Waals surface area contributed by atoms with Crippen LogP contribution >= 0.6 is 0 Å². The van der Waals surface area contributed by atoms with Crippen LogP contribution in [0.15, 0.2) is 11.0 Å². The first-order chi connectivity index (χ1) is 10.2. The second kappa shape index (κ2) is 6.02. The Bertz CT molecular complexity index is 698. The average molecular weight is 320 g/mol. The van der Waals surface area contributed by atoms with Crippen LogP contribution in [0.5, 0.6) is 0 Å². The molecule has 0 amide bonds. The molecule has 0 radical (unpaired) electrons. The van der Waals surface area contributed by atoms with Crippen molar-refractivity contribution in [3.8, 4) is 6.07 Å². The van der Waals surface area contributed by atoms with E-state index in [0.717, 1.165) is 41.5 Å². The van der Waals surface area contributed by atoms with Crippen molar-refractivity contribution in [2.24, 2.45) is 0 Å². The van der Waals surface area contributed by atoms with Crippen molar-refractivity contribution in [2.45, 2.75) is 70.2 Å². The normalized spacial score (nSPS) is 18.0. The Hall–Kier alpha value is -1.38. The summed E-state index contributed by atoms with van der Waals surface area (Å²) in [7, 11) is -3.71. The molecule has 1 aromatic carbocycles. The molecule has 1 aliphatic rings. The molecule has 1 aromatic rings. The Kier molecular flexibility index (Phi) is 4.65. The summed E-state index contributed by atoms with van der Waals surface area (Å²) in [5.74, 6) is 0. The first-order valence-corrected chi connectivity index (χ1v) is 9.23. The Morgan fingerprint density at radius 2 is 1.55 bits per heavy atom. The summed E-state index contributed by atoms with van der Waals surface area (Å²) in [6.07, 6.45) is 4.02. The van der Waals surface area contributed by atoms with E-state index in [1.807, 2.05) is 33.8 Å². The molecule has 0 aromatic heterocycles. The number of aryl methyl sites for hydroxylation is 2. The topological polar surface area (TPSA) is 70.0 Å². The molecule has 120 valence electrons. The molecule has 0 bridgehead atoms.